The summed E-state index contributed by atoms with van der Waals surface area (Å²) in [5.74, 6) is 5.25. The first-order valence-corrected chi connectivity index (χ1v) is 3.04. The molecule has 3 N–H and O–H groups in total. The third-order valence-electron chi connectivity index (χ3n) is 1.12. The van der Waals surface area contributed by atoms with Crippen molar-refractivity contribution in [2.75, 3.05) is 7.11 Å². The maximum Gasteiger partial charge on any atom is 0.251 e. The standard InChI is InChI=1S/C6H13N3O/c1-4(2)5(7)6(9-8)10-3/h4,7H,8H2,1-3H3. The van der Waals surface area contributed by atoms with Crippen LogP contribution < -0.4 is 5.84 Å². The van der Waals surface area contributed by atoms with Gasteiger partial charge in [0.25, 0.3) is 5.90 Å². The Kier molecular flexibility index (Phi) is 3.46. The molecule has 0 aliphatic rings. The van der Waals surface area contributed by atoms with Gasteiger partial charge in [-0.05, 0) is 0 Å². The van der Waals surface area contributed by atoms with E-state index >= 15 is 0 Å². The van der Waals surface area contributed by atoms with Crippen LogP contribution in [0.1, 0.15) is 13.8 Å². The fourth-order valence-electron chi connectivity index (χ4n) is 0.479. The normalized spacial score (nSPS) is 11.8. The van der Waals surface area contributed by atoms with Crippen LogP contribution in [0.25, 0.3) is 0 Å². The van der Waals surface area contributed by atoms with Crippen molar-refractivity contribution in [2.45, 2.75) is 13.8 Å². The Morgan fingerprint density at radius 2 is 2.10 bits per heavy atom. The SMILES string of the molecule is COC(=NN)C(=N)C(C)C. The van der Waals surface area contributed by atoms with E-state index in [0.717, 1.165) is 0 Å². The van der Waals surface area contributed by atoms with E-state index in [1.54, 1.807) is 0 Å². The summed E-state index contributed by atoms with van der Waals surface area (Å²) in [5.41, 5.74) is 0.324. The van der Waals surface area contributed by atoms with Gasteiger partial charge in [-0.1, -0.05) is 13.8 Å². The summed E-state index contributed by atoms with van der Waals surface area (Å²) in [5, 5.41) is 10.7. The molecule has 0 radical (unpaired) electrons. The van der Waals surface area contributed by atoms with E-state index in [0.29, 0.717) is 5.71 Å². The molecule has 0 heterocycles. The largest absolute Gasteiger partial charge is 0.479 e. The molecule has 0 amide bonds. The first-order chi connectivity index (χ1) is 4.63. The molecule has 4 heteroatoms. The first-order valence-electron chi connectivity index (χ1n) is 3.04. The van der Waals surface area contributed by atoms with Gasteiger partial charge in [-0.3, -0.25) is 5.41 Å². The van der Waals surface area contributed by atoms with Crippen molar-refractivity contribution >= 4 is 11.6 Å². The van der Waals surface area contributed by atoms with Crippen molar-refractivity contribution < 1.29 is 4.74 Å². The van der Waals surface area contributed by atoms with Gasteiger partial charge in [-0.15, -0.1) is 5.10 Å². The molecule has 58 valence electrons. The first kappa shape index (κ1) is 8.94. The van der Waals surface area contributed by atoms with Crippen LogP contribution in [0.2, 0.25) is 0 Å². The number of hydrazone groups is 1. The lowest BCUT2D eigenvalue weighted by atomic mass is 10.1. The fraction of sp³-hybridized carbons (Fsp3) is 0.667. The average Bonchev–Trinajstić information content (AvgIpc) is 1.90. The molecule has 0 bridgehead atoms. The zero-order valence-electron chi connectivity index (χ0n) is 6.51. The molecular formula is C6H13N3O. The number of ether oxygens (including phenoxy) is 1. The summed E-state index contributed by atoms with van der Waals surface area (Å²) in [6, 6.07) is 0. The van der Waals surface area contributed by atoms with Gasteiger partial charge < -0.3 is 10.6 Å². The number of nitrogens with zero attached hydrogens (tertiary/aromatic N) is 1. The molecule has 0 unspecified atom stereocenters. The van der Waals surface area contributed by atoms with Crippen LogP contribution in [0.4, 0.5) is 0 Å². The van der Waals surface area contributed by atoms with E-state index < -0.39 is 0 Å². The van der Waals surface area contributed by atoms with Crippen molar-refractivity contribution in [3.05, 3.63) is 0 Å². The Bertz CT molecular complexity index is 151. The van der Waals surface area contributed by atoms with Gasteiger partial charge in [0.2, 0.25) is 0 Å². The van der Waals surface area contributed by atoms with Crippen LogP contribution in [0.15, 0.2) is 5.10 Å². The van der Waals surface area contributed by atoms with E-state index in [2.05, 4.69) is 5.10 Å². The minimum atomic E-state index is 0.0993. The smallest absolute Gasteiger partial charge is 0.251 e. The van der Waals surface area contributed by atoms with E-state index in [4.69, 9.17) is 16.0 Å². The molecule has 0 aliphatic heterocycles. The predicted molar refractivity (Wildman–Crippen MR) is 41.2 cm³/mol. The zero-order chi connectivity index (χ0) is 8.15. The van der Waals surface area contributed by atoms with Crippen molar-refractivity contribution in [3.8, 4) is 0 Å². The molecule has 0 spiro atoms. The monoisotopic (exact) mass is 143 g/mol. The lowest BCUT2D eigenvalue weighted by Crippen LogP contribution is -2.21. The second-order valence-electron chi connectivity index (χ2n) is 2.21. The molecule has 0 aromatic heterocycles. The highest BCUT2D eigenvalue weighted by atomic mass is 16.5. The molecule has 4 nitrogen and oxygen atoms in total. The third-order valence-corrected chi connectivity index (χ3v) is 1.12. The highest BCUT2D eigenvalue weighted by Gasteiger charge is 2.10. The van der Waals surface area contributed by atoms with Crippen LogP contribution in [-0.4, -0.2) is 18.7 Å². The lowest BCUT2D eigenvalue weighted by Gasteiger charge is -2.07. The minimum absolute atomic E-state index is 0.0993. The number of rotatable bonds is 2. The van der Waals surface area contributed by atoms with Crippen molar-refractivity contribution in [3.63, 3.8) is 0 Å². The van der Waals surface area contributed by atoms with Crippen LogP contribution in [0, 0.1) is 11.3 Å². The van der Waals surface area contributed by atoms with E-state index in [1.165, 1.54) is 7.11 Å². The molecule has 0 saturated carbocycles. The molecule has 0 atom stereocenters. The highest BCUT2D eigenvalue weighted by molar-refractivity contribution is 6.38. The Morgan fingerprint density at radius 3 is 2.20 bits per heavy atom. The van der Waals surface area contributed by atoms with Crippen LogP contribution in [0.3, 0.4) is 0 Å². The quantitative estimate of drug-likeness (QED) is 0.257. The molecular weight excluding hydrogens is 130 g/mol. The number of hydrogen-bond acceptors (Lipinski definition) is 4. The van der Waals surface area contributed by atoms with Crippen molar-refractivity contribution in [2.24, 2.45) is 16.9 Å². The second kappa shape index (κ2) is 3.87. The van der Waals surface area contributed by atoms with Crippen molar-refractivity contribution in [1.82, 2.24) is 0 Å². The van der Waals surface area contributed by atoms with Gasteiger partial charge in [0.1, 0.15) is 0 Å². The zero-order valence-corrected chi connectivity index (χ0v) is 6.51. The van der Waals surface area contributed by atoms with Gasteiger partial charge in [-0.2, -0.15) is 0 Å². The molecule has 0 saturated heterocycles. The predicted octanol–water partition coefficient (Wildman–Crippen LogP) is 0.581. The number of hydrogen-bond donors (Lipinski definition) is 2. The number of methoxy groups -OCH3 is 1. The summed E-state index contributed by atoms with van der Waals surface area (Å²) in [7, 11) is 1.45. The van der Waals surface area contributed by atoms with E-state index in [9.17, 15) is 0 Å². The van der Waals surface area contributed by atoms with Crippen LogP contribution in [-0.2, 0) is 4.74 Å². The Morgan fingerprint density at radius 1 is 1.60 bits per heavy atom. The van der Waals surface area contributed by atoms with Gasteiger partial charge in [0, 0.05) is 5.92 Å². The van der Waals surface area contributed by atoms with Crippen molar-refractivity contribution in [1.29, 1.82) is 5.41 Å². The Labute approximate surface area is 60.6 Å². The molecule has 0 aromatic carbocycles. The molecule has 0 aromatic rings. The number of nitrogens with one attached hydrogen (secondary N) is 1. The Hall–Kier alpha value is -1.06. The van der Waals surface area contributed by atoms with E-state index in [1.807, 2.05) is 13.8 Å². The highest BCUT2D eigenvalue weighted by Crippen LogP contribution is 1.96. The minimum Gasteiger partial charge on any atom is -0.479 e. The molecule has 0 rings (SSSR count). The summed E-state index contributed by atoms with van der Waals surface area (Å²) in [6.07, 6.45) is 0. The average molecular weight is 143 g/mol. The lowest BCUT2D eigenvalue weighted by molar-refractivity contribution is 0.407. The molecule has 10 heavy (non-hydrogen) atoms. The van der Waals surface area contributed by atoms with Crippen LogP contribution in [0.5, 0.6) is 0 Å². The fourth-order valence-corrected chi connectivity index (χ4v) is 0.479. The van der Waals surface area contributed by atoms with Gasteiger partial charge in [0.05, 0.1) is 12.8 Å². The maximum atomic E-state index is 7.36. The molecule has 0 fully saturated rings. The molecule has 0 aliphatic carbocycles. The topological polar surface area (TPSA) is 71.5 Å². The van der Waals surface area contributed by atoms with Gasteiger partial charge in [-0.25, -0.2) is 0 Å². The summed E-state index contributed by atoms with van der Waals surface area (Å²) < 4.78 is 4.72. The van der Waals surface area contributed by atoms with Crippen LogP contribution >= 0.6 is 0 Å². The summed E-state index contributed by atoms with van der Waals surface area (Å²) >= 11 is 0. The summed E-state index contributed by atoms with van der Waals surface area (Å²) in [6.45, 7) is 3.76. The van der Waals surface area contributed by atoms with E-state index in [-0.39, 0.29) is 11.8 Å². The number of nitrogens with two attached hydrogens (primary N) is 1. The maximum absolute atomic E-state index is 7.36. The second-order valence-corrected chi connectivity index (χ2v) is 2.21. The summed E-state index contributed by atoms with van der Waals surface area (Å²) in [4.78, 5) is 0. The van der Waals surface area contributed by atoms with Gasteiger partial charge >= 0.3 is 0 Å². The third kappa shape index (κ3) is 2.05. The van der Waals surface area contributed by atoms with Gasteiger partial charge in [0.15, 0.2) is 0 Å². The Balaban J connectivity index is 4.18.